The third-order valence-electron chi connectivity index (χ3n) is 5.47. The Bertz CT molecular complexity index is 801. The van der Waals surface area contributed by atoms with E-state index in [0.29, 0.717) is 37.3 Å². The van der Waals surface area contributed by atoms with Gasteiger partial charge < -0.3 is 15.4 Å². The molecule has 2 fully saturated rings. The second kappa shape index (κ2) is 9.54. The molecule has 1 saturated carbocycles. The van der Waals surface area contributed by atoms with Crippen molar-refractivity contribution in [2.45, 2.75) is 31.7 Å². The molecular formula is C20H24ClN3O4S. The smallest absolute Gasteiger partial charge is 0.308 e. The number of rotatable bonds is 6. The molecule has 2 amide bonds. The van der Waals surface area contributed by atoms with Gasteiger partial charge in [0, 0.05) is 17.6 Å². The van der Waals surface area contributed by atoms with Crippen molar-refractivity contribution in [2.75, 3.05) is 20.2 Å². The molecule has 29 heavy (non-hydrogen) atoms. The summed E-state index contributed by atoms with van der Waals surface area (Å²) in [6, 6.07) is 7.23. The predicted octanol–water partition coefficient (Wildman–Crippen LogP) is 1.67. The molecule has 1 aliphatic carbocycles. The zero-order chi connectivity index (χ0) is 21.0. The molecule has 0 radical (unpaired) electrons. The molecule has 9 heteroatoms. The van der Waals surface area contributed by atoms with Crippen molar-refractivity contribution >= 4 is 46.7 Å². The van der Waals surface area contributed by atoms with Gasteiger partial charge in [0.25, 0.3) is 0 Å². The number of carbonyl (C=O) groups is 3. The molecule has 2 N–H and O–H groups in total. The van der Waals surface area contributed by atoms with E-state index in [1.807, 2.05) is 12.1 Å². The van der Waals surface area contributed by atoms with Crippen molar-refractivity contribution in [2.24, 2.45) is 11.8 Å². The number of esters is 1. The Labute approximate surface area is 180 Å². The summed E-state index contributed by atoms with van der Waals surface area (Å²) in [4.78, 5) is 38.3. The number of fused-ring (bicyclic) bond motifs is 1. The van der Waals surface area contributed by atoms with Gasteiger partial charge in [-0.3, -0.25) is 19.3 Å². The van der Waals surface area contributed by atoms with E-state index in [2.05, 4.69) is 10.6 Å². The Kier molecular flexibility index (Phi) is 7.08. The minimum absolute atomic E-state index is 0.116. The summed E-state index contributed by atoms with van der Waals surface area (Å²) in [6.07, 6.45) is 2.33. The second-order valence-corrected chi connectivity index (χ2v) is 8.17. The molecule has 3 atom stereocenters. The Morgan fingerprint density at radius 3 is 2.72 bits per heavy atom. The lowest BCUT2D eigenvalue weighted by Crippen LogP contribution is -2.63. The molecule has 1 heterocycles. The molecule has 156 valence electrons. The van der Waals surface area contributed by atoms with Crippen molar-refractivity contribution in [1.29, 1.82) is 0 Å². The maximum atomic E-state index is 12.9. The minimum atomic E-state index is -0.288. The van der Waals surface area contributed by atoms with Gasteiger partial charge in [0.15, 0.2) is 5.11 Å². The first-order valence-electron chi connectivity index (χ1n) is 9.60. The highest BCUT2D eigenvalue weighted by molar-refractivity contribution is 7.80. The summed E-state index contributed by atoms with van der Waals surface area (Å²) < 4.78 is 4.82. The van der Waals surface area contributed by atoms with Crippen LogP contribution in [0.25, 0.3) is 0 Å². The van der Waals surface area contributed by atoms with Gasteiger partial charge in [-0.25, -0.2) is 0 Å². The summed E-state index contributed by atoms with van der Waals surface area (Å²) in [5.74, 6) is -1.20. The van der Waals surface area contributed by atoms with E-state index in [4.69, 9.17) is 28.6 Å². The lowest BCUT2D eigenvalue weighted by Gasteiger charge is -2.43. The van der Waals surface area contributed by atoms with Crippen LogP contribution in [0.5, 0.6) is 0 Å². The molecule has 3 rings (SSSR count). The lowest BCUT2D eigenvalue weighted by molar-refractivity contribution is -0.149. The number of halogens is 1. The van der Waals surface area contributed by atoms with Crippen LogP contribution < -0.4 is 10.6 Å². The van der Waals surface area contributed by atoms with Gasteiger partial charge in [-0.15, -0.1) is 0 Å². The fourth-order valence-electron chi connectivity index (χ4n) is 3.89. The predicted molar refractivity (Wildman–Crippen MR) is 112 cm³/mol. The van der Waals surface area contributed by atoms with Crippen molar-refractivity contribution in [1.82, 2.24) is 15.5 Å². The molecule has 1 aromatic rings. The first-order valence-corrected chi connectivity index (χ1v) is 10.4. The first-order chi connectivity index (χ1) is 13.9. The van der Waals surface area contributed by atoms with Crippen molar-refractivity contribution < 1.29 is 19.1 Å². The van der Waals surface area contributed by atoms with Crippen molar-refractivity contribution in [3.63, 3.8) is 0 Å². The maximum absolute atomic E-state index is 12.9. The number of amides is 2. The molecule has 0 spiro atoms. The molecule has 7 nitrogen and oxygen atoms in total. The average Bonchev–Trinajstić information content (AvgIpc) is 2.71. The van der Waals surface area contributed by atoms with Crippen LogP contribution in [0.4, 0.5) is 0 Å². The van der Waals surface area contributed by atoms with Crippen LogP contribution in [0.3, 0.4) is 0 Å². The van der Waals surface area contributed by atoms with Crippen molar-refractivity contribution in [3.05, 3.63) is 34.9 Å². The third-order valence-corrected chi connectivity index (χ3v) is 6.06. The van der Waals surface area contributed by atoms with Crippen LogP contribution >= 0.6 is 23.8 Å². The van der Waals surface area contributed by atoms with Gasteiger partial charge in [0.1, 0.15) is 6.54 Å². The van der Waals surface area contributed by atoms with E-state index in [9.17, 15) is 14.4 Å². The topological polar surface area (TPSA) is 87.7 Å². The number of hydrogen-bond acceptors (Lipinski definition) is 5. The van der Waals surface area contributed by atoms with E-state index in [1.54, 1.807) is 12.1 Å². The Hall–Kier alpha value is -2.19. The number of nitrogens with zero attached hydrogens (tertiary/aromatic N) is 1. The van der Waals surface area contributed by atoms with Crippen LogP contribution in [0, 0.1) is 11.8 Å². The third kappa shape index (κ3) is 5.25. The minimum Gasteiger partial charge on any atom is -0.469 e. The molecule has 1 aliphatic heterocycles. The van der Waals surface area contributed by atoms with Gasteiger partial charge in [-0.1, -0.05) is 23.7 Å². The Balaban J connectivity index is 1.50. The summed E-state index contributed by atoms with van der Waals surface area (Å²) in [5.41, 5.74) is 1.06. The van der Waals surface area contributed by atoms with E-state index in [0.717, 1.165) is 5.56 Å². The fraction of sp³-hybridized carbons (Fsp3) is 0.500. The van der Waals surface area contributed by atoms with Gasteiger partial charge in [0.05, 0.1) is 18.9 Å². The molecule has 0 aromatic heterocycles. The van der Waals surface area contributed by atoms with Crippen LogP contribution in [-0.4, -0.2) is 54.0 Å². The number of ether oxygens (including phenoxy) is 1. The van der Waals surface area contributed by atoms with E-state index >= 15 is 0 Å². The van der Waals surface area contributed by atoms with Gasteiger partial charge in [-0.2, -0.15) is 0 Å². The number of methoxy groups -OCH3 is 1. The standard InChI is InChI=1S/C20H24ClN3O4S/c1-28-19(27)13-4-7-15-16(10-13)23-20(29)24(18(15)26)11-17(25)22-9-8-12-2-5-14(21)6-3-12/h2-3,5-6,13,15-16H,4,7-11H2,1H3,(H,22,25)(H,23,29). The normalized spacial score (nSPS) is 23.8. The van der Waals surface area contributed by atoms with Crippen molar-refractivity contribution in [3.8, 4) is 0 Å². The number of benzene rings is 1. The average molecular weight is 438 g/mol. The first kappa shape index (κ1) is 21.5. The summed E-state index contributed by atoms with van der Waals surface area (Å²) in [6.45, 7) is 0.338. The second-order valence-electron chi connectivity index (χ2n) is 7.35. The van der Waals surface area contributed by atoms with Crippen LogP contribution in [0.1, 0.15) is 24.8 Å². The number of nitrogens with one attached hydrogen (secondary N) is 2. The molecule has 2 aliphatic rings. The molecular weight excluding hydrogens is 414 g/mol. The molecule has 0 bridgehead atoms. The van der Waals surface area contributed by atoms with Gasteiger partial charge >= 0.3 is 5.97 Å². The van der Waals surface area contributed by atoms with Gasteiger partial charge in [-0.05, 0) is 55.6 Å². The van der Waals surface area contributed by atoms with E-state index in [1.165, 1.54) is 12.0 Å². The van der Waals surface area contributed by atoms with Crippen LogP contribution in [0.2, 0.25) is 5.02 Å². The Morgan fingerprint density at radius 2 is 2.03 bits per heavy atom. The highest BCUT2D eigenvalue weighted by atomic mass is 35.5. The zero-order valence-corrected chi connectivity index (χ0v) is 17.7. The SMILES string of the molecule is COC(=O)C1CCC2C(=O)N(CC(=O)NCCc3ccc(Cl)cc3)C(=S)NC2C1. The summed E-state index contributed by atoms with van der Waals surface area (Å²) in [5, 5.41) is 6.86. The number of hydrogen-bond donors (Lipinski definition) is 2. The van der Waals surface area contributed by atoms with E-state index < -0.39 is 0 Å². The highest BCUT2D eigenvalue weighted by Gasteiger charge is 2.44. The summed E-state index contributed by atoms with van der Waals surface area (Å²) in [7, 11) is 1.37. The molecule has 3 unspecified atom stereocenters. The molecule has 1 aromatic carbocycles. The van der Waals surface area contributed by atoms with Gasteiger partial charge in [0.2, 0.25) is 11.8 Å². The lowest BCUT2D eigenvalue weighted by atomic mass is 9.76. The number of thiocarbonyl (C=S) groups is 1. The van der Waals surface area contributed by atoms with Crippen LogP contribution in [-0.2, 0) is 25.5 Å². The monoisotopic (exact) mass is 437 g/mol. The Morgan fingerprint density at radius 1 is 1.31 bits per heavy atom. The largest absolute Gasteiger partial charge is 0.469 e. The highest BCUT2D eigenvalue weighted by Crippen LogP contribution is 2.33. The van der Waals surface area contributed by atoms with Crippen LogP contribution in [0.15, 0.2) is 24.3 Å². The number of carbonyl (C=O) groups excluding carboxylic acids is 3. The quantitative estimate of drug-likeness (QED) is 0.520. The maximum Gasteiger partial charge on any atom is 0.308 e. The van der Waals surface area contributed by atoms with E-state index in [-0.39, 0.29) is 47.3 Å². The fourth-order valence-corrected chi connectivity index (χ4v) is 4.32. The summed E-state index contributed by atoms with van der Waals surface area (Å²) >= 11 is 11.2. The molecule has 1 saturated heterocycles. The zero-order valence-electron chi connectivity index (χ0n) is 16.2.